The molecule has 1 heterocycles. The monoisotopic (exact) mass is 462 g/mol. The van der Waals surface area contributed by atoms with Gasteiger partial charge in [-0.2, -0.15) is 4.74 Å². The average molecular weight is 463 g/mol. The molecule has 0 fully saturated rings. The summed E-state index contributed by atoms with van der Waals surface area (Å²) in [4.78, 5) is 16.3. The molecule has 5 rings (SSSR count). The first-order valence-corrected chi connectivity index (χ1v) is 12.2. The van der Waals surface area contributed by atoms with Crippen LogP contribution in [0.25, 0.3) is 11.0 Å². The first kappa shape index (κ1) is 22.9. The zero-order chi connectivity index (χ0) is 24.3. The van der Waals surface area contributed by atoms with Crippen LogP contribution in [0.1, 0.15) is 36.1 Å². The van der Waals surface area contributed by atoms with Gasteiger partial charge in [0.15, 0.2) is 11.1 Å². The van der Waals surface area contributed by atoms with Crippen molar-refractivity contribution >= 4 is 11.0 Å². The van der Waals surface area contributed by atoms with Crippen LogP contribution in [-0.4, -0.2) is 22.7 Å². The third-order valence-electron chi connectivity index (χ3n) is 6.83. The van der Waals surface area contributed by atoms with Crippen LogP contribution in [-0.2, 0) is 12.1 Å². The zero-order valence-corrected chi connectivity index (χ0v) is 20.2. The number of fused-ring (bicyclic) bond motifs is 1. The SMILES string of the molecule is CCN(CC)Cc1ccc2c(=O)n(C(c3ccccc3)(c3ccccc3)c3ccccc3)oc2c1. The van der Waals surface area contributed by atoms with Gasteiger partial charge in [0.2, 0.25) is 0 Å². The summed E-state index contributed by atoms with van der Waals surface area (Å²) < 4.78 is 8.07. The predicted octanol–water partition coefficient (Wildman–Crippen LogP) is 6.28. The van der Waals surface area contributed by atoms with Gasteiger partial charge in [0.1, 0.15) is 0 Å². The van der Waals surface area contributed by atoms with E-state index in [2.05, 4.69) is 55.1 Å². The van der Waals surface area contributed by atoms with Gasteiger partial charge < -0.3 is 4.52 Å². The maximum Gasteiger partial charge on any atom is 0.291 e. The number of aromatic nitrogens is 1. The molecule has 0 radical (unpaired) electrons. The Balaban J connectivity index is 1.81. The van der Waals surface area contributed by atoms with Gasteiger partial charge in [-0.15, -0.1) is 0 Å². The first-order chi connectivity index (χ1) is 17.2. The number of benzene rings is 4. The van der Waals surface area contributed by atoms with Crippen LogP contribution >= 0.6 is 0 Å². The molecule has 0 saturated carbocycles. The van der Waals surface area contributed by atoms with Crippen molar-refractivity contribution in [3.05, 3.63) is 142 Å². The molecule has 0 spiro atoms. The topological polar surface area (TPSA) is 38.4 Å². The second kappa shape index (κ2) is 9.77. The Kier molecular flexibility index (Phi) is 6.39. The largest absolute Gasteiger partial charge is 0.374 e. The molecule has 4 nitrogen and oxygen atoms in total. The van der Waals surface area contributed by atoms with Crippen LogP contribution in [0.5, 0.6) is 0 Å². The van der Waals surface area contributed by atoms with E-state index in [0.717, 1.165) is 41.9 Å². The molecule has 0 saturated heterocycles. The van der Waals surface area contributed by atoms with Crippen molar-refractivity contribution in [2.75, 3.05) is 13.1 Å². The minimum Gasteiger partial charge on any atom is -0.374 e. The molecule has 35 heavy (non-hydrogen) atoms. The zero-order valence-electron chi connectivity index (χ0n) is 20.2. The van der Waals surface area contributed by atoms with E-state index in [4.69, 9.17) is 4.52 Å². The molecule has 5 aromatic rings. The Hall–Kier alpha value is -3.89. The van der Waals surface area contributed by atoms with Crippen molar-refractivity contribution in [2.24, 2.45) is 0 Å². The summed E-state index contributed by atoms with van der Waals surface area (Å²) >= 11 is 0. The highest BCUT2D eigenvalue weighted by Gasteiger charge is 2.42. The van der Waals surface area contributed by atoms with Gasteiger partial charge in [-0.25, -0.2) is 0 Å². The molecule has 4 aromatic carbocycles. The lowest BCUT2D eigenvalue weighted by atomic mass is 9.77. The molecule has 0 unspecified atom stereocenters. The van der Waals surface area contributed by atoms with Gasteiger partial charge in [-0.1, -0.05) is 111 Å². The fourth-order valence-corrected chi connectivity index (χ4v) is 4.98. The van der Waals surface area contributed by atoms with Gasteiger partial charge >= 0.3 is 0 Å². The van der Waals surface area contributed by atoms with E-state index in [1.54, 1.807) is 4.74 Å². The maximum atomic E-state index is 14.0. The van der Waals surface area contributed by atoms with E-state index in [1.165, 1.54) is 0 Å². The molecule has 0 aliphatic rings. The van der Waals surface area contributed by atoms with Crippen molar-refractivity contribution in [3.8, 4) is 0 Å². The molecule has 1 aromatic heterocycles. The Morgan fingerprint density at radius 1 is 0.714 bits per heavy atom. The van der Waals surface area contributed by atoms with Crippen LogP contribution in [0.2, 0.25) is 0 Å². The van der Waals surface area contributed by atoms with Crippen molar-refractivity contribution < 1.29 is 4.52 Å². The fourth-order valence-electron chi connectivity index (χ4n) is 4.98. The molecule has 4 heteroatoms. The molecule has 0 amide bonds. The molecule has 0 aliphatic carbocycles. The van der Waals surface area contributed by atoms with Crippen LogP contribution in [0.15, 0.2) is 119 Å². The first-order valence-electron chi connectivity index (χ1n) is 12.2. The lowest BCUT2D eigenvalue weighted by Crippen LogP contribution is -2.42. The Morgan fingerprint density at radius 2 is 1.20 bits per heavy atom. The van der Waals surface area contributed by atoms with Gasteiger partial charge in [-0.3, -0.25) is 9.69 Å². The van der Waals surface area contributed by atoms with E-state index >= 15 is 0 Å². The molecule has 0 aliphatic heterocycles. The minimum absolute atomic E-state index is 0.147. The van der Waals surface area contributed by atoms with Gasteiger partial charge in [-0.05, 0) is 47.5 Å². The summed E-state index contributed by atoms with van der Waals surface area (Å²) in [6.07, 6.45) is 0. The fraction of sp³-hybridized carbons (Fsp3) is 0.194. The highest BCUT2D eigenvalue weighted by atomic mass is 16.5. The third kappa shape index (κ3) is 4.00. The number of hydrogen-bond donors (Lipinski definition) is 0. The number of nitrogens with zero attached hydrogens (tertiary/aromatic N) is 2. The number of hydrogen-bond acceptors (Lipinski definition) is 3. The molecular formula is C31H30N2O2. The van der Waals surface area contributed by atoms with Gasteiger partial charge in [0.25, 0.3) is 5.56 Å². The van der Waals surface area contributed by atoms with Crippen LogP contribution in [0, 0.1) is 0 Å². The molecular weight excluding hydrogens is 432 g/mol. The lowest BCUT2D eigenvalue weighted by Gasteiger charge is -2.34. The quantitative estimate of drug-likeness (QED) is 0.255. The maximum absolute atomic E-state index is 14.0. The van der Waals surface area contributed by atoms with Crippen LogP contribution < -0.4 is 5.56 Å². The molecule has 0 N–H and O–H groups in total. The smallest absolute Gasteiger partial charge is 0.291 e. The Morgan fingerprint density at radius 3 is 1.66 bits per heavy atom. The Labute approximate surface area is 206 Å². The third-order valence-corrected chi connectivity index (χ3v) is 6.83. The van der Waals surface area contributed by atoms with Crippen molar-refractivity contribution in [2.45, 2.75) is 25.9 Å². The van der Waals surface area contributed by atoms with Crippen molar-refractivity contribution in [3.63, 3.8) is 0 Å². The van der Waals surface area contributed by atoms with E-state index in [1.807, 2.05) is 72.8 Å². The summed E-state index contributed by atoms with van der Waals surface area (Å²) in [5, 5.41) is 0.584. The lowest BCUT2D eigenvalue weighted by molar-refractivity contribution is 0.220. The van der Waals surface area contributed by atoms with E-state index in [9.17, 15) is 4.79 Å². The summed E-state index contributed by atoms with van der Waals surface area (Å²) in [5.74, 6) is 0. The highest BCUT2D eigenvalue weighted by Crippen LogP contribution is 2.40. The predicted molar refractivity (Wildman–Crippen MR) is 142 cm³/mol. The van der Waals surface area contributed by atoms with Gasteiger partial charge in [0, 0.05) is 6.54 Å². The van der Waals surface area contributed by atoms with Crippen molar-refractivity contribution in [1.29, 1.82) is 0 Å². The molecule has 0 bridgehead atoms. The second-order valence-corrected chi connectivity index (χ2v) is 8.79. The summed E-state index contributed by atoms with van der Waals surface area (Å²) in [7, 11) is 0. The van der Waals surface area contributed by atoms with E-state index in [0.29, 0.717) is 11.0 Å². The number of rotatable bonds is 8. The average Bonchev–Trinajstić information content (AvgIpc) is 3.25. The minimum atomic E-state index is -0.959. The van der Waals surface area contributed by atoms with E-state index < -0.39 is 5.54 Å². The van der Waals surface area contributed by atoms with Crippen LogP contribution in [0.3, 0.4) is 0 Å². The highest BCUT2D eigenvalue weighted by molar-refractivity contribution is 5.77. The van der Waals surface area contributed by atoms with Gasteiger partial charge in [0.05, 0.1) is 5.39 Å². The normalized spacial score (nSPS) is 11.9. The Bertz CT molecular complexity index is 1350. The standard InChI is InChI=1S/C31H30N2O2/c1-3-32(4-2)23-24-20-21-28-29(22-24)35-33(30(28)34)31(25-14-8-5-9-15-25,26-16-10-6-11-17-26)27-18-12-7-13-19-27/h5-22H,3-4,23H2,1-2H3. The molecule has 176 valence electrons. The van der Waals surface area contributed by atoms with E-state index in [-0.39, 0.29) is 5.56 Å². The van der Waals surface area contributed by atoms with Crippen molar-refractivity contribution in [1.82, 2.24) is 9.64 Å². The summed E-state index contributed by atoms with van der Waals surface area (Å²) in [5.41, 5.74) is 3.51. The second-order valence-electron chi connectivity index (χ2n) is 8.79. The summed E-state index contributed by atoms with van der Waals surface area (Å²) in [6, 6.07) is 36.3. The molecule has 0 atom stereocenters. The summed E-state index contributed by atoms with van der Waals surface area (Å²) in [6.45, 7) is 7.08. The van der Waals surface area contributed by atoms with Crippen LogP contribution in [0.4, 0.5) is 0 Å².